The Bertz CT molecular complexity index is 478. The minimum absolute atomic E-state index is 0. The van der Waals surface area contributed by atoms with Gasteiger partial charge in [-0.2, -0.15) is 0 Å². The van der Waals surface area contributed by atoms with E-state index in [9.17, 15) is 19.8 Å². The van der Waals surface area contributed by atoms with Crippen molar-refractivity contribution in [2.75, 3.05) is 0 Å². The van der Waals surface area contributed by atoms with Crippen molar-refractivity contribution >= 4 is 11.9 Å². The number of hydrogen-bond acceptors (Lipinski definition) is 6. The van der Waals surface area contributed by atoms with Gasteiger partial charge in [0.05, 0.1) is 11.9 Å². The molecule has 0 aromatic carbocycles. The molecule has 130 valence electrons. The summed E-state index contributed by atoms with van der Waals surface area (Å²) in [7, 11) is 0. The maximum absolute atomic E-state index is 10.0. The predicted molar refractivity (Wildman–Crippen MR) is 76.6 cm³/mol. The van der Waals surface area contributed by atoms with Gasteiger partial charge in [-0.15, -0.1) is 0 Å². The van der Waals surface area contributed by atoms with E-state index < -0.39 is 11.9 Å². The molecule has 2 rings (SSSR count). The van der Waals surface area contributed by atoms with Crippen LogP contribution in [0.2, 0.25) is 0 Å². The van der Waals surface area contributed by atoms with E-state index in [2.05, 4.69) is 9.97 Å². The average Bonchev–Trinajstić information content (AvgIpc) is 2.41. The van der Waals surface area contributed by atoms with Crippen molar-refractivity contribution in [3.8, 4) is 0 Å². The van der Waals surface area contributed by atoms with Crippen molar-refractivity contribution in [2.45, 2.75) is 0 Å². The molecule has 0 aliphatic carbocycles. The summed E-state index contributed by atoms with van der Waals surface area (Å²) >= 11 is 0. The SMILES string of the molecule is O=C([O-])c1cccnc1.O=C([O-])c1cccnc1.[Fe+2].[OH3+].[OH3+].[OH3+].[OH3+]. The minimum Gasteiger partial charge on any atom is -0.545 e. The van der Waals surface area contributed by atoms with E-state index in [1.54, 1.807) is 12.1 Å². The summed E-state index contributed by atoms with van der Waals surface area (Å²) in [5, 5.41) is 20.1. The molecule has 0 saturated heterocycles. The first-order valence-electron chi connectivity index (χ1n) is 4.84. The standard InChI is InChI=1S/2C6H5NO2.Fe.4H2O/c2*8-6(9)5-2-1-3-7-4-5;;;;;/h2*1-4H,(H,8,9);;4*1H2/q;;+2;;;;/p+2. The van der Waals surface area contributed by atoms with Gasteiger partial charge in [0.15, 0.2) is 0 Å². The van der Waals surface area contributed by atoms with Crippen molar-refractivity contribution in [3.05, 3.63) is 60.2 Å². The van der Waals surface area contributed by atoms with Gasteiger partial charge in [-0.05, 0) is 12.1 Å². The zero-order valence-electron chi connectivity index (χ0n) is 11.8. The molecule has 0 amide bonds. The summed E-state index contributed by atoms with van der Waals surface area (Å²) in [5.74, 6) is -2.38. The second-order valence-corrected chi connectivity index (χ2v) is 3.06. The summed E-state index contributed by atoms with van der Waals surface area (Å²) in [6, 6.07) is 5.96. The molecule has 0 bridgehead atoms. The Balaban J connectivity index is -0.0000000771. The Labute approximate surface area is 141 Å². The zero-order chi connectivity index (χ0) is 13.4. The van der Waals surface area contributed by atoms with E-state index in [0.717, 1.165) is 0 Å². The number of rotatable bonds is 2. The molecule has 0 atom stereocenters. The van der Waals surface area contributed by atoms with Crippen LogP contribution in [0.5, 0.6) is 0 Å². The topological polar surface area (TPSA) is 238 Å². The Morgan fingerprint density at radius 1 is 0.739 bits per heavy atom. The quantitative estimate of drug-likeness (QED) is 0.367. The molecule has 0 saturated carbocycles. The van der Waals surface area contributed by atoms with E-state index in [1.165, 1.54) is 36.9 Å². The summed E-state index contributed by atoms with van der Waals surface area (Å²) in [5.41, 5.74) is 0.218. The molecule has 0 aliphatic rings. The van der Waals surface area contributed by atoms with Gasteiger partial charge in [0.2, 0.25) is 0 Å². The molecule has 2 heterocycles. The molecule has 23 heavy (non-hydrogen) atoms. The molecular weight excluding hydrogens is 356 g/mol. The Morgan fingerprint density at radius 3 is 1.17 bits per heavy atom. The van der Waals surface area contributed by atoms with Gasteiger partial charge in [-0.1, -0.05) is 12.1 Å². The first-order valence-corrected chi connectivity index (χ1v) is 4.84. The summed E-state index contributed by atoms with van der Waals surface area (Å²) < 4.78 is 0. The fourth-order valence-corrected chi connectivity index (χ4v) is 0.967. The van der Waals surface area contributed by atoms with Crippen LogP contribution in [-0.2, 0) is 39.0 Å². The van der Waals surface area contributed by atoms with Gasteiger partial charge in [0.25, 0.3) is 0 Å². The van der Waals surface area contributed by atoms with Crippen LogP contribution in [0.3, 0.4) is 0 Å². The number of carboxylic acids is 2. The third-order valence-corrected chi connectivity index (χ3v) is 1.79. The van der Waals surface area contributed by atoms with Gasteiger partial charge in [0.1, 0.15) is 0 Å². The zero-order valence-corrected chi connectivity index (χ0v) is 12.9. The van der Waals surface area contributed by atoms with Crippen LogP contribution in [0, 0.1) is 0 Å². The Kier molecular flexibility index (Phi) is 25.0. The van der Waals surface area contributed by atoms with Gasteiger partial charge in [-0.25, -0.2) is 0 Å². The number of aromatic nitrogens is 2. The van der Waals surface area contributed by atoms with Crippen LogP contribution >= 0.6 is 0 Å². The maximum atomic E-state index is 10.0. The first kappa shape index (κ1) is 32.5. The minimum atomic E-state index is -1.19. The van der Waals surface area contributed by atoms with Gasteiger partial charge in [0, 0.05) is 35.9 Å². The monoisotopic (exact) mass is 376 g/mol. The third kappa shape index (κ3) is 13.0. The molecule has 0 aliphatic heterocycles. The number of nitrogens with zero attached hydrogens (tertiary/aromatic N) is 2. The summed E-state index contributed by atoms with van der Waals surface area (Å²) in [6.07, 6.45) is 5.50. The number of hydrogen-bond donors (Lipinski definition) is 0. The predicted octanol–water partition coefficient (Wildman–Crippen LogP) is -4.80. The Morgan fingerprint density at radius 2 is 1.04 bits per heavy atom. The molecule has 2 aromatic heterocycles. The molecular formula is C12H20FeN2O8+4. The van der Waals surface area contributed by atoms with Crippen LogP contribution in [0.15, 0.2) is 49.1 Å². The van der Waals surface area contributed by atoms with Gasteiger partial charge in [-0.3, -0.25) is 9.97 Å². The molecule has 0 spiro atoms. The van der Waals surface area contributed by atoms with Gasteiger partial charge >= 0.3 is 17.1 Å². The summed E-state index contributed by atoms with van der Waals surface area (Å²) in [4.78, 5) is 27.3. The Hall–Kier alpha value is -2.40. The van der Waals surface area contributed by atoms with Crippen LogP contribution in [0.4, 0.5) is 0 Å². The van der Waals surface area contributed by atoms with Crippen LogP contribution < -0.4 is 10.2 Å². The van der Waals surface area contributed by atoms with Crippen LogP contribution in [-0.4, -0.2) is 21.9 Å². The van der Waals surface area contributed by atoms with E-state index in [-0.39, 0.29) is 50.1 Å². The number of carbonyl (C=O) groups excluding carboxylic acids is 2. The van der Waals surface area contributed by atoms with Crippen molar-refractivity contribution in [1.82, 2.24) is 9.97 Å². The van der Waals surface area contributed by atoms with Crippen LogP contribution in [0.25, 0.3) is 0 Å². The van der Waals surface area contributed by atoms with Crippen molar-refractivity contribution in [2.24, 2.45) is 0 Å². The van der Waals surface area contributed by atoms with E-state index in [4.69, 9.17) is 0 Å². The maximum Gasteiger partial charge on any atom is 2.00 e. The molecule has 12 N–H and O–H groups in total. The molecule has 0 fully saturated rings. The number of aromatic carboxylic acids is 2. The molecule has 11 heteroatoms. The molecule has 0 unspecified atom stereocenters. The first-order chi connectivity index (χ1) is 8.61. The van der Waals surface area contributed by atoms with Crippen LogP contribution in [0.1, 0.15) is 20.7 Å². The van der Waals surface area contributed by atoms with E-state index in [1.807, 2.05) is 0 Å². The largest absolute Gasteiger partial charge is 2.00 e. The normalized spacial score (nSPS) is 6.96. The smallest absolute Gasteiger partial charge is 0.545 e. The number of pyridine rings is 2. The van der Waals surface area contributed by atoms with Gasteiger partial charge < -0.3 is 41.7 Å². The second kappa shape index (κ2) is 17.7. The van der Waals surface area contributed by atoms with E-state index in [0.29, 0.717) is 0 Å². The molecule has 0 radical (unpaired) electrons. The molecule has 10 nitrogen and oxygen atoms in total. The second-order valence-electron chi connectivity index (χ2n) is 3.06. The van der Waals surface area contributed by atoms with Crippen molar-refractivity contribution < 1.29 is 58.8 Å². The summed E-state index contributed by atoms with van der Waals surface area (Å²) in [6.45, 7) is 0. The van der Waals surface area contributed by atoms with Crippen molar-refractivity contribution in [1.29, 1.82) is 0 Å². The van der Waals surface area contributed by atoms with E-state index >= 15 is 0 Å². The average molecular weight is 376 g/mol. The number of carboxylic acid groups (broad SMARTS) is 2. The van der Waals surface area contributed by atoms with Crippen molar-refractivity contribution in [3.63, 3.8) is 0 Å². The fraction of sp³-hybridized carbons (Fsp3) is 0. The third-order valence-electron chi connectivity index (χ3n) is 1.79. The molecule has 2 aromatic rings. The number of carbonyl (C=O) groups is 2. The fourth-order valence-electron chi connectivity index (χ4n) is 0.967.